The monoisotopic (exact) mass is 313 g/mol. The standard InChI is InChI=1S/C13H15NO6S/c1-13(8-4-6-9(19-2)7-5-8)11(16)10(15)12(20-13)14-21(3,17)18/h4-7,14-15H,1-3H3. The third-order valence-electron chi connectivity index (χ3n) is 3.09. The molecule has 1 aromatic rings. The molecule has 8 heteroatoms. The van der Waals surface area contributed by atoms with Gasteiger partial charge in [0, 0.05) is 5.56 Å². The topological polar surface area (TPSA) is 102 Å². The quantitative estimate of drug-likeness (QED) is 0.852. The highest BCUT2D eigenvalue weighted by Crippen LogP contribution is 2.37. The molecule has 0 aromatic heterocycles. The molecule has 2 rings (SSSR count). The molecule has 2 N–H and O–H groups in total. The summed E-state index contributed by atoms with van der Waals surface area (Å²) >= 11 is 0. The van der Waals surface area contributed by atoms with Gasteiger partial charge in [0.05, 0.1) is 13.4 Å². The van der Waals surface area contributed by atoms with E-state index < -0.39 is 33.0 Å². The minimum Gasteiger partial charge on any atom is -0.501 e. The van der Waals surface area contributed by atoms with E-state index in [0.717, 1.165) is 6.26 Å². The Morgan fingerprint density at radius 2 is 1.86 bits per heavy atom. The molecular weight excluding hydrogens is 298 g/mol. The molecule has 114 valence electrons. The van der Waals surface area contributed by atoms with Crippen molar-refractivity contribution < 1.29 is 27.8 Å². The van der Waals surface area contributed by atoms with E-state index in [1.807, 2.05) is 4.72 Å². The molecule has 1 atom stereocenters. The third kappa shape index (κ3) is 2.80. The highest BCUT2D eigenvalue weighted by molar-refractivity contribution is 7.88. The van der Waals surface area contributed by atoms with Gasteiger partial charge >= 0.3 is 0 Å². The van der Waals surface area contributed by atoms with Crippen LogP contribution in [0, 0.1) is 0 Å². The molecule has 21 heavy (non-hydrogen) atoms. The molecule has 0 saturated heterocycles. The Labute approximate surface area is 122 Å². The molecule has 0 aliphatic carbocycles. The first-order valence-corrected chi connectivity index (χ1v) is 7.86. The average Bonchev–Trinajstić information content (AvgIpc) is 2.63. The first kappa shape index (κ1) is 15.2. The zero-order valence-corrected chi connectivity index (χ0v) is 12.5. The number of benzene rings is 1. The Kier molecular flexibility index (Phi) is 3.58. The lowest BCUT2D eigenvalue weighted by molar-refractivity contribution is -0.131. The van der Waals surface area contributed by atoms with Crippen molar-refractivity contribution in [3.8, 4) is 5.75 Å². The van der Waals surface area contributed by atoms with Crippen molar-refractivity contribution in [1.29, 1.82) is 0 Å². The van der Waals surface area contributed by atoms with Crippen molar-refractivity contribution in [3.05, 3.63) is 41.5 Å². The average molecular weight is 313 g/mol. The zero-order valence-electron chi connectivity index (χ0n) is 11.7. The van der Waals surface area contributed by atoms with Gasteiger partial charge in [-0.3, -0.25) is 9.52 Å². The highest BCUT2D eigenvalue weighted by atomic mass is 32.2. The van der Waals surface area contributed by atoms with Crippen LogP contribution in [0.15, 0.2) is 35.9 Å². The maximum absolute atomic E-state index is 12.2. The van der Waals surface area contributed by atoms with Crippen molar-refractivity contribution in [2.45, 2.75) is 12.5 Å². The van der Waals surface area contributed by atoms with E-state index in [1.54, 1.807) is 24.3 Å². The van der Waals surface area contributed by atoms with Gasteiger partial charge in [-0.15, -0.1) is 0 Å². The van der Waals surface area contributed by atoms with Crippen LogP contribution >= 0.6 is 0 Å². The van der Waals surface area contributed by atoms with Crippen LogP contribution in [0.3, 0.4) is 0 Å². The number of sulfonamides is 1. The second kappa shape index (κ2) is 4.96. The van der Waals surface area contributed by atoms with Crippen LogP contribution < -0.4 is 9.46 Å². The molecule has 0 fully saturated rings. The minimum atomic E-state index is -3.67. The molecule has 0 saturated carbocycles. The van der Waals surface area contributed by atoms with Crippen LogP contribution in [0.4, 0.5) is 0 Å². The Morgan fingerprint density at radius 3 is 2.33 bits per heavy atom. The molecule has 7 nitrogen and oxygen atoms in total. The Bertz CT molecular complexity index is 707. The number of aliphatic hydroxyl groups is 1. The molecule has 1 aromatic carbocycles. The maximum atomic E-state index is 12.2. The Morgan fingerprint density at radius 1 is 1.29 bits per heavy atom. The fourth-order valence-corrected chi connectivity index (χ4v) is 2.44. The summed E-state index contributed by atoms with van der Waals surface area (Å²) < 4.78 is 34.8. The number of hydrogen-bond donors (Lipinski definition) is 2. The van der Waals surface area contributed by atoms with E-state index in [9.17, 15) is 18.3 Å². The van der Waals surface area contributed by atoms with E-state index in [0.29, 0.717) is 11.3 Å². The normalized spacial score (nSPS) is 22.1. The van der Waals surface area contributed by atoms with Crippen LogP contribution in [-0.2, 0) is 25.2 Å². The van der Waals surface area contributed by atoms with E-state index in [2.05, 4.69) is 0 Å². The fourth-order valence-electron chi connectivity index (χ4n) is 1.96. The summed E-state index contributed by atoms with van der Waals surface area (Å²) in [5, 5.41) is 9.77. The van der Waals surface area contributed by atoms with Crippen molar-refractivity contribution in [2.75, 3.05) is 13.4 Å². The van der Waals surface area contributed by atoms with Crippen molar-refractivity contribution >= 4 is 15.8 Å². The molecule has 1 heterocycles. The van der Waals surface area contributed by atoms with Crippen LogP contribution in [0.2, 0.25) is 0 Å². The van der Waals surface area contributed by atoms with Crippen LogP contribution in [-0.4, -0.2) is 32.7 Å². The molecule has 0 radical (unpaired) electrons. The Balaban J connectivity index is 2.35. The number of aliphatic hydroxyl groups excluding tert-OH is 1. The molecule has 0 spiro atoms. The van der Waals surface area contributed by atoms with E-state index >= 15 is 0 Å². The molecule has 1 aliphatic rings. The summed E-state index contributed by atoms with van der Waals surface area (Å²) in [5.41, 5.74) is -1.03. The molecule has 0 amide bonds. The fraction of sp³-hybridized carbons (Fsp3) is 0.308. The van der Waals surface area contributed by atoms with Crippen molar-refractivity contribution in [2.24, 2.45) is 0 Å². The van der Waals surface area contributed by atoms with Crippen molar-refractivity contribution in [3.63, 3.8) is 0 Å². The second-order valence-electron chi connectivity index (χ2n) is 4.74. The Hall–Kier alpha value is -2.22. The van der Waals surface area contributed by atoms with Gasteiger partial charge in [0.1, 0.15) is 5.75 Å². The van der Waals surface area contributed by atoms with Crippen LogP contribution in [0.5, 0.6) is 5.75 Å². The van der Waals surface area contributed by atoms with Gasteiger partial charge in [0.2, 0.25) is 21.7 Å². The number of hydrogen-bond acceptors (Lipinski definition) is 6. The maximum Gasteiger partial charge on any atom is 0.250 e. The first-order valence-electron chi connectivity index (χ1n) is 5.97. The lowest BCUT2D eigenvalue weighted by Gasteiger charge is -2.23. The van der Waals surface area contributed by atoms with Gasteiger partial charge in [0.25, 0.3) is 5.78 Å². The number of rotatable bonds is 4. The molecule has 1 aliphatic heterocycles. The number of carbonyl (C=O) groups is 1. The lowest BCUT2D eigenvalue weighted by atomic mass is 9.91. The van der Waals surface area contributed by atoms with E-state index in [4.69, 9.17) is 9.47 Å². The molecular formula is C13H15NO6S. The number of ether oxygens (including phenoxy) is 2. The molecule has 0 bridgehead atoms. The number of methoxy groups -OCH3 is 1. The van der Waals surface area contributed by atoms with Gasteiger partial charge in [-0.2, -0.15) is 0 Å². The predicted octanol–water partition coefficient (Wildman–Crippen LogP) is 0.786. The largest absolute Gasteiger partial charge is 0.501 e. The van der Waals surface area contributed by atoms with Crippen LogP contribution in [0.25, 0.3) is 0 Å². The van der Waals surface area contributed by atoms with Crippen molar-refractivity contribution in [1.82, 2.24) is 4.72 Å². The highest BCUT2D eigenvalue weighted by Gasteiger charge is 2.48. The number of carbonyl (C=O) groups excluding carboxylic acids is 1. The third-order valence-corrected chi connectivity index (χ3v) is 3.64. The predicted molar refractivity (Wildman–Crippen MR) is 74.1 cm³/mol. The smallest absolute Gasteiger partial charge is 0.250 e. The summed E-state index contributed by atoms with van der Waals surface area (Å²) in [6, 6.07) is 6.48. The summed E-state index contributed by atoms with van der Waals surface area (Å²) in [6.07, 6.45) is 0.893. The number of ketones is 1. The van der Waals surface area contributed by atoms with Gasteiger partial charge in [-0.05, 0) is 19.1 Å². The summed E-state index contributed by atoms with van der Waals surface area (Å²) in [6.45, 7) is 1.45. The van der Waals surface area contributed by atoms with Crippen LogP contribution in [0.1, 0.15) is 12.5 Å². The van der Waals surface area contributed by atoms with E-state index in [1.165, 1.54) is 14.0 Å². The van der Waals surface area contributed by atoms with Gasteiger partial charge in [-0.1, -0.05) is 12.1 Å². The van der Waals surface area contributed by atoms with Gasteiger partial charge in [0.15, 0.2) is 5.60 Å². The van der Waals surface area contributed by atoms with Gasteiger partial charge in [-0.25, -0.2) is 8.42 Å². The van der Waals surface area contributed by atoms with Gasteiger partial charge < -0.3 is 14.6 Å². The summed E-state index contributed by atoms with van der Waals surface area (Å²) in [7, 11) is -2.16. The SMILES string of the molecule is COc1ccc(C2(C)OC(NS(C)(=O)=O)=C(O)C2=O)cc1. The number of Topliss-reactive ketones (excluding diaryl/α,β-unsaturated/α-hetero) is 1. The summed E-state index contributed by atoms with van der Waals surface area (Å²) in [4.78, 5) is 12.2. The summed E-state index contributed by atoms with van der Waals surface area (Å²) in [5.74, 6) is -1.35. The second-order valence-corrected chi connectivity index (χ2v) is 6.49. The first-order chi connectivity index (χ1) is 9.67. The lowest BCUT2D eigenvalue weighted by Crippen LogP contribution is -2.32. The zero-order chi connectivity index (χ0) is 15.8. The van der Waals surface area contributed by atoms with E-state index in [-0.39, 0.29) is 0 Å². The minimum absolute atomic E-state index is 0.463. The number of nitrogens with one attached hydrogen (secondary N) is 1. The molecule has 1 unspecified atom stereocenters.